The first kappa shape index (κ1) is 18.7. The summed E-state index contributed by atoms with van der Waals surface area (Å²) in [6.07, 6.45) is 0. The number of anilines is 1. The van der Waals surface area contributed by atoms with Crippen molar-refractivity contribution < 1.29 is 9.53 Å². The fourth-order valence-corrected chi connectivity index (χ4v) is 3.27. The van der Waals surface area contributed by atoms with Gasteiger partial charge in [-0.3, -0.25) is 4.79 Å². The highest BCUT2D eigenvalue weighted by Gasteiger charge is 2.15. The molecular formula is C25H22N2O2. The highest BCUT2D eigenvalue weighted by Crippen LogP contribution is 2.27. The Bertz CT molecular complexity index is 1180. The summed E-state index contributed by atoms with van der Waals surface area (Å²) in [5, 5.41) is 3.85. The molecule has 1 aromatic heterocycles. The molecule has 0 bridgehead atoms. The Hall–Kier alpha value is -3.66. The van der Waals surface area contributed by atoms with E-state index in [1.807, 2.05) is 86.6 Å². The number of methoxy groups -OCH3 is 1. The summed E-state index contributed by atoms with van der Waals surface area (Å²) >= 11 is 0. The molecule has 0 saturated carbocycles. The zero-order valence-electron chi connectivity index (χ0n) is 16.7. The Labute approximate surface area is 170 Å². The van der Waals surface area contributed by atoms with E-state index in [-0.39, 0.29) is 5.91 Å². The SMILES string of the molecule is COc1ccc(-c2cc(C(=O)Nc3ccc(C)cc3)c3cc(C)ccc3n2)cc1. The van der Waals surface area contributed by atoms with E-state index in [1.54, 1.807) is 7.11 Å². The number of pyridine rings is 1. The third-order valence-electron chi connectivity index (χ3n) is 4.90. The normalized spacial score (nSPS) is 10.7. The first-order valence-corrected chi connectivity index (χ1v) is 9.47. The number of rotatable bonds is 4. The van der Waals surface area contributed by atoms with Crippen LogP contribution in [0.2, 0.25) is 0 Å². The lowest BCUT2D eigenvalue weighted by Crippen LogP contribution is -2.13. The highest BCUT2D eigenvalue weighted by atomic mass is 16.5. The summed E-state index contributed by atoms with van der Waals surface area (Å²) in [7, 11) is 1.64. The smallest absolute Gasteiger partial charge is 0.256 e. The van der Waals surface area contributed by atoms with Crippen molar-refractivity contribution in [2.75, 3.05) is 12.4 Å². The molecule has 3 aromatic carbocycles. The van der Waals surface area contributed by atoms with E-state index in [4.69, 9.17) is 9.72 Å². The maximum atomic E-state index is 13.1. The van der Waals surface area contributed by atoms with Gasteiger partial charge in [0.05, 0.1) is 23.9 Å². The number of carbonyl (C=O) groups excluding carboxylic acids is 1. The molecule has 29 heavy (non-hydrogen) atoms. The van der Waals surface area contributed by atoms with Gasteiger partial charge in [-0.2, -0.15) is 0 Å². The summed E-state index contributed by atoms with van der Waals surface area (Å²) in [6.45, 7) is 4.03. The molecule has 0 atom stereocenters. The molecule has 0 radical (unpaired) electrons. The number of hydrogen-bond donors (Lipinski definition) is 1. The van der Waals surface area contributed by atoms with Gasteiger partial charge in [-0.05, 0) is 68.4 Å². The lowest BCUT2D eigenvalue weighted by molar-refractivity contribution is 0.102. The predicted octanol–water partition coefficient (Wildman–Crippen LogP) is 5.78. The van der Waals surface area contributed by atoms with Crippen molar-refractivity contribution in [1.29, 1.82) is 0 Å². The second-order valence-electron chi connectivity index (χ2n) is 7.12. The molecule has 0 aliphatic rings. The fraction of sp³-hybridized carbons (Fsp3) is 0.120. The van der Waals surface area contributed by atoms with E-state index >= 15 is 0 Å². The Kier molecular flexibility index (Phi) is 5.00. The van der Waals surface area contributed by atoms with Gasteiger partial charge in [0.25, 0.3) is 5.91 Å². The van der Waals surface area contributed by atoms with Crippen LogP contribution in [0.1, 0.15) is 21.5 Å². The monoisotopic (exact) mass is 382 g/mol. The molecule has 0 aliphatic heterocycles. The molecule has 1 amide bonds. The minimum atomic E-state index is -0.151. The summed E-state index contributed by atoms with van der Waals surface area (Å²) in [6, 6.07) is 23.3. The summed E-state index contributed by atoms with van der Waals surface area (Å²) in [4.78, 5) is 17.9. The van der Waals surface area contributed by atoms with Crippen molar-refractivity contribution in [3.05, 3.63) is 89.5 Å². The molecule has 1 N–H and O–H groups in total. The van der Waals surface area contributed by atoms with Crippen LogP contribution in [0.4, 0.5) is 5.69 Å². The minimum absolute atomic E-state index is 0.151. The van der Waals surface area contributed by atoms with Crippen LogP contribution in [0.3, 0.4) is 0 Å². The molecule has 4 rings (SSSR count). The summed E-state index contributed by atoms with van der Waals surface area (Å²) in [5.41, 5.74) is 6.07. The average molecular weight is 382 g/mol. The second kappa shape index (κ2) is 7.76. The Morgan fingerprint density at radius 1 is 0.862 bits per heavy atom. The molecule has 4 nitrogen and oxygen atoms in total. The molecule has 1 heterocycles. The number of nitrogens with zero attached hydrogens (tertiary/aromatic N) is 1. The van der Waals surface area contributed by atoms with Crippen molar-refractivity contribution in [1.82, 2.24) is 4.98 Å². The maximum absolute atomic E-state index is 13.1. The number of nitrogens with one attached hydrogen (secondary N) is 1. The number of hydrogen-bond acceptors (Lipinski definition) is 3. The molecule has 4 heteroatoms. The van der Waals surface area contributed by atoms with E-state index in [0.29, 0.717) is 5.56 Å². The maximum Gasteiger partial charge on any atom is 0.256 e. The lowest BCUT2D eigenvalue weighted by Gasteiger charge is -2.12. The molecule has 0 spiro atoms. The van der Waals surface area contributed by atoms with Gasteiger partial charge in [0.15, 0.2) is 0 Å². The molecule has 4 aromatic rings. The van der Waals surface area contributed by atoms with E-state index < -0.39 is 0 Å². The number of benzene rings is 3. The van der Waals surface area contributed by atoms with Crippen molar-refractivity contribution in [2.24, 2.45) is 0 Å². The van der Waals surface area contributed by atoms with Crippen LogP contribution >= 0.6 is 0 Å². The molecule has 0 aliphatic carbocycles. The van der Waals surface area contributed by atoms with Gasteiger partial charge in [-0.1, -0.05) is 29.3 Å². The van der Waals surface area contributed by atoms with Crippen LogP contribution in [0, 0.1) is 13.8 Å². The number of aromatic nitrogens is 1. The van der Waals surface area contributed by atoms with Gasteiger partial charge in [-0.25, -0.2) is 4.98 Å². The minimum Gasteiger partial charge on any atom is -0.497 e. The topological polar surface area (TPSA) is 51.2 Å². The molecule has 0 fully saturated rings. The van der Waals surface area contributed by atoms with Gasteiger partial charge in [0.2, 0.25) is 0 Å². The number of amides is 1. The number of ether oxygens (including phenoxy) is 1. The second-order valence-corrected chi connectivity index (χ2v) is 7.12. The highest BCUT2D eigenvalue weighted by molar-refractivity contribution is 6.13. The van der Waals surface area contributed by atoms with Gasteiger partial charge in [0, 0.05) is 16.6 Å². The zero-order chi connectivity index (χ0) is 20.4. The van der Waals surface area contributed by atoms with Gasteiger partial charge < -0.3 is 10.1 Å². The molecular weight excluding hydrogens is 360 g/mol. The van der Waals surface area contributed by atoms with Crippen LogP contribution in [0.15, 0.2) is 72.8 Å². The van der Waals surface area contributed by atoms with E-state index in [0.717, 1.165) is 44.7 Å². The third kappa shape index (κ3) is 3.97. The van der Waals surface area contributed by atoms with Crippen LogP contribution < -0.4 is 10.1 Å². The Morgan fingerprint density at radius 2 is 1.55 bits per heavy atom. The molecule has 144 valence electrons. The first-order chi connectivity index (χ1) is 14.0. The van der Waals surface area contributed by atoms with Crippen LogP contribution in [-0.4, -0.2) is 18.0 Å². The number of fused-ring (bicyclic) bond motifs is 1. The van der Waals surface area contributed by atoms with Crippen molar-refractivity contribution in [3.63, 3.8) is 0 Å². The molecule has 0 unspecified atom stereocenters. The Balaban J connectivity index is 1.80. The standard InChI is InChI=1S/C25H22N2O2/c1-16-4-9-19(10-5-16)26-25(28)22-15-24(18-7-11-20(29-3)12-8-18)27-23-13-6-17(2)14-21(22)23/h4-15H,1-3H3,(H,26,28). The van der Waals surface area contributed by atoms with E-state index in [1.165, 1.54) is 0 Å². The van der Waals surface area contributed by atoms with Gasteiger partial charge in [0.1, 0.15) is 5.75 Å². The van der Waals surface area contributed by atoms with Crippen molar-refractivity contribution in [3.8, 4) is 17.0 Å². The molecule has 0 saturated heterocycles. The summed E-state index contributed by atoms with van der Waals surface area (Å²) in [5.74, 6) is 0.629. The third-order valence-corrected chi connectivity index (χ3v) is 4.90. The van der Waals surface area contributed by atoms with E-state index in [2.05, 4.69) is 5.32 Å². The Morgan fingerprint density at radius 3 is 2.24 bits per heavy atom. The summed E-state index contributed by atoms with van der Waals surface area (Å²) < 4.78 is 5.24. The number of aryl methyl sites for hydroxylation is 2. The van der Waals surface area contributed by atoms with Crippen molar-refractivity contribution >= 4 is 22.5 Å². The quantitative estimate of drug-likeness (QED) is 0.487. The predicted molar refractivity (Wildman–Crippen MR) is 118 cm³/mol. The van der Waals surface area contributed by atoms with Gasteiger partial charge in [-0.15, -0.1) is 0 Å². The lowest BCUT2D eigenvalue weighted by atomic mass is 10.0. The zero-order valence-corrected chi connectivity index (χ0v) is 16.7. The van der Waals surface area contributed by atoms with Gasteiger partial charge >= 0.3 is 0 Å². The largest absolute Gasteiger partial charge is 0.497 e. The number of carbonyl (C=O) groups is 1. The van der Waals surface area contributed by atoms with Crippen molar-refractivity contribution in [2.45, 2.75) is 13.8 Å². The van der Waals surface area contributed by atoms with Crippen LogP contribution in [0.5, 0.6) is 5.75 Å². The first-order valence-electron chi connectivity index (χ1n) is 9.47. The fourth-order valence-electron chi connectivity index (χ4n) is 3.27. The van der Waals surface area contributed by atoms with Crippen LogP contribution in [-0.2, 0) is 0 Å². The van der Waals surface area contributed by atoms with E-state index in [9.17, 15) is 4.79 Å². The van der Waals surface area contributed by atoms with Crippen LogP contribution in [0.25, 0.3) is 22.2 Å². The average Bonchev–Trinajstić information content (AvgIpc) is 2.74.